The zero-order valence-electron chi connectivity index (χ0n) is 17.9. The molecule has 3 heterocycles. The molecule has 2 aliphatic heterocycles. The molecule has 0 radical (unpaired) electrons. The third-order valence-corrected chi connectivity index (χ3v) is 6.18. The zero-order chi connectivity index (χ0) is 21.6. The van der Waals surface area contributed by atoms with E-state index in [1.807, 2.05) is 18.2 Å². The Hall–Kier alpha value is -2.89. The first-order valence-corrected chi connectivity index (χ1v) is 11.3. The predicted octanol–water partition coefficient (Wildman–Crippen LogP) is 4.31. The van der Waals surface area contributed by atoms with Crippen LogP contribution in [0.5, 0.6) is 5.75 Å². The van der Waals surface area contributed by atoms with Crippen LogP contribution < -0.4 is 10.1 Å². The lowest BCUT2D eigenvalue weighted by atomic mass is 9.88. The van der Waals surface area contributed by atoms with Gasteiger partial charge in [-0.1, -0.05) is 18.2 Å². The van der Waals surface area contributed by atoms with E-state index in [1.54, 1.807) is 0 Å². The molecule has 2 N–H and O–H groups in total. The molecule has 31 heavy (non-hydrogen) atoms. The van der Waals surface area contributed by atoms with E-state index < -0.39 is 5.97 Å². The second-order valence-corrected chi connectivity index (χ2v) is 8.55. The lowest BCUT2D eigenvalue weighted by molar-refractivity contribution is -0.137. The van der Waals surface area contributed by atoms with E-state index in [0.717, 1.165) is 73.5 Å². The molecule has 0 saturated carbocycles. The number of aliphatic carboxylic acids is 1. The topological polar surface area (TPSA) is 88.5 Å². The number of hydrogen-bond acceptors (Lipinski definition) is 5. The summed E-state index contributed by atoms with van der Waals surface area (Å²) < 4.78 is 5.61. The van der Waals surface area contributed by atoms with Gasteiger partial charge in [0.25, 0.3) is 0 Å². The molecule has 0 fully saturated rings. The standard InChI is InChI=1S/C25H30N2O4/c28-22(6-2-1-5-21-10-9-18-4-3-12-26-25(18)27-21)14-20(16-24(29)30)19-8-7-17-11-13-31-23(17)15-19/h7-10,15,20H,1-6,11-14,16H2,(H,26,27)(H,29,30)/t20-/m0/s1. The summed E-state index contributed by atoms with van der Waals surface area (Å²) in [6.07, 6.45) is 6.33. The van der Waals surface area contributed by atoms with Gasteiger partial charge in [-0.05, 0) is 60.9 Å². The molecule has 1 atom stereocenters. The normalized spacial score (nSPS) is 15.4. The molecule has 164 valence electrons. The molecule has 2 aromatic rings. The summed E-state index contributed by atoms with van der Waals surface area (Å²) in [5, 5.41) is 12.7. The van der Waals surface area contributed by atoms with Crippen molar-refractivity contribution in [2.45, 2.75) is 63.7 Å². The predicted molar refractivity (Wildman–Crippen MR) is 119 cm³/mol. The number of carboxylic acid groups (broad SMARTS) is 1. The first-order valence-electron chi connectivity index (χ1n) is 11.3. The number of fused-ring (bicyclic) bond motifs is 2. The van der Waals surface area contributed by atoms with E-state index >= 15 is 0 Å². The van der Waals surface area contributed by atoms with Crippen LogP contribution in [-0.4, -0.2) is 35.0 Å². The van der Waals surface area contributed by atoms with Gasteiger partial charge in [0, 0.05) is 37.4 Å². The molecule has 6 heteroatoms. The number of pyridine rings is 1. The van der Waals surface area contributed by atoms with Crippen LogP contribution in [0.3, 0.4) is 0 Å². The highest BCUT2D eigenvalue weighted by Crippen LogP contribution is 2.32. The van der Waals surface area contributed by atoms with Gasteiger partial charge in [0.1, 0.15) is 17.4 Å². The average molecular weight is 423 g/mol. The minimum absolute atomic E-state index is 0.0451. The van der Waals surface area contributed by atoms with Gasteiger partial charge in [-0.2, -0.15) is 0 Å². The number of nitrogens with one attached hydrogen (secondary N) is 1. The lowest BCUT2D eigenvalue weighted by Gasteiger charge is -2.17. The number of nitrogens with zero attached hydrogens (tertiary/aromatic N) is 1. The van der Waals surface area contributed by atoms with Crippen molar-refractivity contribution in [3.8, 4) is 5.75 Å². The highest BCUT2D eigenvalue weighted by atomic mass is 16.5. The van der Waals surface area contributed by atoms with Gasteiger partial charge in [-0.25, -0.2) is 4.98 Å². The number of Topliss-reactive ketones (excluding diaryl/α,β-unsaturated/α-hetero) is 1. The van der Waals surface area contributed by atoms with E-state index in [1.165, 1.54) is 5.56 Å². The minimum Gasteiger partial charge on any atom is -0.493 e. The number of carbonyl (C=O) groups excluding carboxylic acids is 1. The molecule has 0 saturated heterocycles. The summed E-state index contributed by atoms with van der Waals surface area (Å²) in [6.45, 7) is 1.64. The molecule has 0 spiro atoms. The first kappa shape index (κ1) is 21.3. The molecule has 0 aliphatic carbocycles. The molecule has 6 nitrogen and oxygen atoms in total. The van der Waals surface area contributed by atoms with E-state index in [-0.39, 0.29) is 24.5 Å². The Morgan fingerprint density at radius 1 is 1.10 bits per heavy atom. The maximum absolute atomic E-state index is 12.6. The number of hydrogen-bond donors (Lipinski definition) is 2. The number of ketones is 1. The largest absolute Gasteiger partial charge is 0.493 e. The summed E-state index contributed by atoms with van der Waals surface area (Å²) in [5.41, 5.74) is 4.37. The van der Waals surface area contributed by atoms with E-state index in [0.29, 0.717) is 13.0 Å². The Labute approximate surface area is 183 Å². The molecule has 4 rings (SSSR count). The maximum Gasteiger partial charge on any atom is 0.303 e. The number of benzene rings is 1. The van der Waals surface area contributed by atoms with Crippen LogP contribution in [0.15, 0.2) is 30.3 Å². The van der Waals surface area contributed by atoms with Crippen molar-refractivity contribution in [1.82, 2.24) is 4.98 Å². The molecule has 1 aromatic carbocycles. The summed E-state index contributed by atoms with van der Waals surface area (Å²) >= 11 is 0. The Morgan fingerprint density at radius 3 is 2.84 bits per heavy atom. The highest BCUT2D eigenvalue weighted by Gasteiger charge is 2.22. The zero-order valence-corrected chi connectivity index (χ0v) is 17.9. The first-order chi connectivity index (χ1) is 15.1. The lowest BCUT2D eigenvalue weighted by Crippen LogP contribution is -2.14. The number of carbonyl (C=O) groups is 2. The van der Waals surface area contributed by atoms with E-state index in [9.17, 15) is 14.7 Å². The van der Waals surface area contributed by atoms with Crippen molar-refractivity contribution >= 4 is 17.6 Å². The Morgan fingerprint density at radius 2 is 1.97 bits per heavy atom. The molecular formula is C25H30N2O4. The Bertz CT molecular complexity index is 957. The molecular weight excluding hydrogens is 392 g/mol. The van der Waals surface area contributed by atoms with Crippen molar-refractivity contribution in [1.29, 1.82) is 0 Å². The highest BCUT2D eigenvalue weighted by molar-refractivity contribution is 5.80. The van der Waals surface area contributed by atoms with Crippen LogP contribution in [0.4, 0.5) is 5.82 Å². The van der Waals surface area contributed by atoms with Crippen molar-refractivity contribution in [2.75, 3.05) is 18.5 Å². The summed E-state index contributed by atoms with van der Waals surface area (Å²) in [6, 6.07) is 10.1. The smallest absolute Gasteiger partial charge is 0.303 e. The van der Waals surface area contributed by atoms with Crippen LogP contribution in [0, 0.1) is 0 Å². The molecule has 1 aromatic heterocycles. The maximum atomic E-state index is 12.6. The van der Waals surface area contributed by atoms with Crippen molar-refractivity contribution < 1.29 is 19.4 Å². The van der Waals surface area contributed by atoms with Crippen molar-refractivity contribution in [3.63, 3.8) is 0 Å². The van der Waals surface area contributed by atoms with Gasteiger partial charge < -0.3 is 15.2 Å². The van der Waals surface area contributed by atoms with Crippen LogP contribution in [-0.2, 0) is 28.9 Å². The van der Waals surface area contributed by atoms with E-state index in [2.05, 4.69) is 17.4 Å². The fourth-order valence-electron chi connectivity index (χ4n) is 4.47. The van der Waals surface area contributed by atoms with Crippen LogP contribution >= 0.6 is 0 Å². The molecule has 0 bridgehead atoms. The quantitative estimate of drug-likeness (QED) is 0.555. The van der Waals surface area contributed by atoms with E-state index in [4.69, 9.17) is 9.72 Å². The summed E-state index contributed by atoms with van der Waals surface area (Å²) in [4.78, 5) is 28.7. The van der Waals surface area contributed by atoms with Crippen LogP contribution in [0.25, 0.3) is 0 Å². The summed E-state index contributed by atoms with van der Waals surface area (Å²) in [7, 11) is 0. The number of ether oxygens (including phenoxy) is 1. The number of anilines is 1. The number of rotatable bonds is 10. The number of carboxylic acids is 1. The van der Waals surface area contributed by atoms with Gasteiger partial charge in [0.15, 0.2) is 0 Å². The van der Waals surface area contributed by atoms with Crippen molar-refractivity contribution in [2.24, 2.45) is 0 Å². The number of aryl methyl sites for hydroxylation is 2. The second-order valence-electron chi connectivity index (χ2n) is 8.55. The van der Waals surface area contributed by atoms with Gasteiger partial charge in [0.05, 0.1) is 13.0 Å². The monoisotopic (exact) mass is 422 g/mol. The number of unbranched alkanes of at least 4 members (excludes halogenated alkanes) is 1. The molecule has 0 amide bonds. The molecule has 0 unspecified atom stereocenters. The Balaban J connectivity index is 1.27. The fraction of sp³-hybridized carbons (Fsp3) is 0.480. The molecule has 2 aliphatic rings. The average Bonchev–Trinajstić information content (AvgIpc) is 3.24. The third kappa shape index (κ3) is 5.63. The third-order valence-electron chi connectivity index (χ3n) is 6.18. The summed E-state index contributed by atoms with van der Waals surface area (Å²) in [5.74, 6) is 0.758. The SMILES string of the molecule is O=C(O)C[C@H](CC(=O)CCCCc1ccc2c(n1)NCCC2)c1ccc2c(c1)OCC2. The second kappa shape index (κ2) is 9.94. The Kier molecular flexibility index (Phi) is 6.85. The van der Waals surface area contributed by atoms with Gasteiger partial charge >= 0.3 is 5.97 Å². The van der Waals surface area contributed by atoms with Crippen LogP contribution in [0.2, 0.25) is 0 Å². The van der Waals surface area contributed by atoms with Gasteiger partial charge in [-0.3, -0.25) is 9.59 Å². The van der Waals surface area contributed by atoms with Gasteiger partial charge in [-0.15, -0.1) is 0 Å². The fourth-order valence-corrected chi connectivity index (χ4v) is 4.47. The van der Waals surface area contributed by atoms with Crippen molar-refractivity contribution in [3.05, 3.63) is 52.7 Å². The van der Waals surface area contributed by atoms with Crippen LogP contribution in [0.1, 0.15) is 66.8 Å². The van der Waals surface area contributed by atoms with Gasteiger partial charge in [0.2, 0.25) is 0 Å². The minimum atomic E-state index is -0.883. The number of aromatic nitrogens is 1.